The normalized spacial score (nSPS) is 14.2. The molecule has 0 radical (unpaired) electrons. The number of para-hydroxylation sites is 1. The van der Waals surface area contributed by atoms with Gasteiger partial charge < -0.3 is 10.6 Å². The maximum Gasteiger partial charge on any atom is 0.228 e. The predicted molar refractivity (Wildman–Crippen MR) is 66.4 cm³/mol. The fourth-order valence-electron chi connectivity index (χ4n) is 1.85. The molecule has 2 N–H and O–H groups in total. The topological polar surface area (TPSA) is 41.1 Å². The molecule has 1 aliphatic rings. The maximum absolute atomic E-state index is 11.3. The van der Waals surface area contributed by atoms with Crippen LogP contribution in [0.1, 0.15) is 17.5 Å². The maximum atomic E-state index is 11.3. The highest BCUT2D eigenvalue weighted by Crippen LogP contribution is 2.27. The fraction of sp³-hybridized carbons (Fsp3) is 0.308. The molecule has 16 heavy (non-hydrogen) atoms. The SMILES string of the molecule is CNCCC=Cc1cccc2c1NC(=O)C2. The number of nitrogens with one attached hydrogen (secondary N) is 2. The lowest BCUT2D eigenvalue weighted by Gasteiger charge is -2.03. The van der Waals surface area contributed by atoms with E-state index in [-0.39, 0.29) is 5.91 Å². The molecular formula is C13H16N2O. The minimum atomic E-state index is 0.0890. The van der Waals surface area contributed by atoms with Gasteiger partial charge in [0.05, 0.1) is 12.1 Å². The molecule has 84 valence electrons. The van der Waals surface area contributed by atoms with Crippen molar-refractivity contribution < 1.29 is 4.79 Å². The van der Waals surface area contributed by atoms with Crippen LogP contribution in [0.2, 0.25) is 0 Å². The highest BCUT2D eigenvalue weighted by molar-refractivity contribution is 6.01. The first kappa shape index (κ1) is 10.9. The van der Waals surface area contributed by atoms with Crippen LogP contribution in [0.5, 0.6) is 0 Å². The Kier molecular flexibility index (Phi) is 3.37. The number of hydrogen-bond acceptors (Lipinski definition) is 2. The number of hydrogen-bond donors (Lipinski definition) is 2. The molecule has 1 aliphatic heterocycles. The molecule has 0 spiro atoms. The minimum absolute atomic E-state index is 0.0890. The van der Waals surface area contributed by atoms with E-state index >= 15 is 0 Å². The van der Waals surface area contributed by atoms with Crippen molar-refractivity contribution in [1.29, 1.82) is 0 Å². The molecule has 0 unspecified atom stereocenters. The van der Waals surface area contributed by atoms with Crippen molar-refractivity contribution in [2.75, 3.05) is 18.9 Å². The highest BCUT2D eigenvalue weighted by Gasteiger charge is 2.18. The first-order valence-corrected chi connectivity index (χ1v) is 5.54. The lowest BCUT2D eigenvalue weighted by Crippen LogP contribution is -2.05. The number of fused-ring (bicyclic) bond motifs is 1. The molecule has 0 fully saturated rings. The molecule has 1 amide bonds. The molecule has 0 bridgehead atoms. The van der Waals surface area contributed by atoms with Gasteiger partial charge in [-0.2, -0.15) is 0 Å². The summed E-state index contributed by atoms with van der Waals surface area (Å²) in [5.41, 5.74) is 3.17. The second kappa shape index (κ2) is 4.94. The number of carbonyl (C=O) groups excluding carboxylic acids is 1. The van der Waals surface area contributed by atoms with Gasteiger partial charge in [0.15, 0.2) is 0 Å². The van der Waals surface area contributed by atoms with Crippen molar-refractivity contribution in [3.8, 4) is 0 Å². The van der Waals surface area contributed by atoms with Gasteiger partial charge >= 0.3 is 0 Å². The summed E-state index contributed by atoms with van der Waals surface area (Å²) in [5.74, 6) is 0.0890. The first-order valence-electron chi connectivity index (χ1n) is 5.54. The molecule has 3 heteroatoms. The number of carbonyl (C=O) groups is 1. The highest BCUT2D eigenvalue weighted by atomic mass is 16.1. The van der Waals surface area contributed by atoms with Crippen LogP contribution in [0.25, 0.3) is 6.08 Å². The zero-order valence-corrected chi connectivity index (χ0v) is 9.42. The summed E-state index contributed by atoms with van der Waals surface area (Å²) >= 11 is 0. The summed E-state index contributed by atoms with van der Waals surface area (Å²) < 4.78 is 0. The third-order valence-electron chi connectivity index (χ3n) is 2.66. The predicted octanol–water partition coefficient (Wildman–Crippen LogP) is 1.80. The molecule has 1 heterocycles. The van der Waals surface area contributed by atoms with Gasteiger partial charge in [0.1, 0.15) is 0 Å². The Balaban J connectivity index is 2.14. The van der Waals surface area contributed by atoms with E-state index in [2.05, 4.69) is 22.8 Å². The molecule has 3 nitrogen and oxygen atoms in total. The number of anilines is 1. The van der Waals surface area contributed by atoms with Crippen molar-refractivity contribution in [2.24, 2.45) is 0 Å². The van der Waals surface area contributed by atoms with E-state index < -0.39 is 0 Å². The van der Waals surface area contributed by atoms with Crippen LogP contribution in [0.4, 0.5) is 5.69 Å². The number of amides is 1. The van der Waals surface area contributed by atoms with Gasteiger partial charge in [0, 0.05) is 0 Å². The summed E-state index contributed by atoms with van der Waals surface area (Å²) in [4.78, 5) is 11.3. The average Bonchev–Trinajstić information content (AvgIpc) is 2.65. The van der Waals surface area contributed by atoms with E-state index in [4.69, 9.17) is 0 Å². The Bertz CT molecular complexity index is 424. The van der Waals surface area contributed by atoms with Gasteiger partial charge in [0.25, 0.3) is 0 Å². The van der Waals surface area contributed by atoms with Crippen molar-refractivity contribution in [2.45, 2.75) is 12.8 Å². The Morgan fingerprint density at radius 3 is 3.19 bits per heavy atom. The molecule has 0 saturated carbocycles. The Morgan fingerprint density at radius 2 is 2.38 bits per heavy atom. The zero-order valence-electron chi connectivity index (χ0n) is 9.42. The average molecular weight is 216 g/mol. The zero-order chi connectivity index (χ0) is 11.4. The molecule has 0 saturated heterocycles. The summed E-state index contributed by atoms with van der Waals surface area (Å²) in [6.07, 6.45) is 5.69. The van der Waals surface area contributed by atoms with Crippen LogP contribution < -0.4 is 10.6 Å². The van der Waals surface area contributed by atoms with Crippen LogP contribution in [0, 0.1) is 0 Å². The molecule has 0 atom stereocenters. The van der Waals surface area contributed by atoms with Crippen LogP contribution >= 0.6 is 0 Å². The van der Waals surface area contributed by atoms with E-state index in [1.165, 1.54) is 0 Å². The Labute approximate surface area is 95.6 Å². The van der Waals surface area contributed by atoms with Crippen molar-refractivity contribution in [3.63, 3.8) is 0 Å². The van der Waals surface area contributed by atoms with Crippen LogP contribution in [0.15, 0.2) is 24.3 Å². The molecular weight excluding hydrogens is 200 g/mol. The molecule has 0 aromatic heterocycles. The van der Waals surface area contributed by atoms with Crippen molar-refractivity contribution in [3.05, 3.63) is 35.4 Å². The third kappa shape index (κ3) is 2.31. The monoisotopic (exact) mass is 216 g/mol. The number of rotatable bonds is 4. The van der Waals surface area contributed by atoms with Gasteiger partial charge in [-0.1, -0.05) is 30.4 Å². The Hall–Kier alpha value is -1.61. The quantitative estimate of drug-likeness (QED) is 0.754. The van der Waals surface area contributed by atoms with E-state index in [1.54, 1.807) is 0 Å². The van der Waals surface area contributed by atoms with Gasteiger partial charge in [-0.25, -0.2) is 0 Å². The summed E-state index contributed by atoms with van der Waals surface area (Å²) in [5, 5.41) is 5.99. The fourth-order valence-corrected chi connectivity index (χ4v) is 1.85. The largest absolute Gasteiger partial charge is 0.325 e. The lowest BCUT2D eigenvalue weighted by molar-refractivity contribution is -0.115. The molecule has 1 aromatic carbocycles. The van der Waals surface area contributed by atoms with Crippen LogP contribution in [-0.2, 0) is 11.2 Å². The van der Waals surface area contributed by atoms with E-state index in [0.29, 0.717) is 6.42 Å². The summed E-state index contributed by atoms with van der Waals surface area (Å²) in [7, 11) is 1.94. The first-order chi connectivity index (χ1) is 7.81. The standard InChI is InChI=1S/C13H16N2O/c1-14-8-3-2-5-10-6-4-7-11-9-12(16)15-13(10)11/h2,4-7,14H,3,8-9H2,1H3,(H,15,16). The second-order valence-electron chi connectivity index (χ2n) is 3.90. The van der Waals surface area contributed by atoms with Crippen LogP contribution in [-0.4, -0.2) is 19.5 Å². The smallest absolute Gasteiger partial charge is 0.228 e. The molecule has 0 aliphatic carbocycles. The van der Waals surface area contributed by atoms with Crippen molar-refractivity contribution in [1.82, 2.24) is 5.32 Å². The second-order valence-corrected chi connectivity index (χ2v) is 3.90. The van der Waals surface area contributed by atoms with E-state index in [9.17, 15) is 4.79 Å². The lowest BCUT2D eigenvalue weighted by atomic mass is 10.1. The Morgan fingerprint density at radius 1 is 1.50 bits per heavy atom. The minimum Gasteiger partial charge on any atom is -0.325 e. The van der Waals surface area contributed by atoms with Gasteiger partial charge in [0.2, 0.25) is 5.91 Å². The third-order valence-corrected chi connectivity index (χ3v) is 2.66. The van der Waals surface area contributed by atoms with Gasteiger partial charge in [-0.15, -0.1) is 0 Å². The van der Waals surface area contributed by atoms with E-state index in [1.807, 2.05) is 25.2 Å². The van der Waals surface area contributed by atoms with Gasteiger partial charge in [-0.3, -0.25) is 4.79 Å². The molecule has 2 rings (SSSR count). The summed E-state index contributed by atoms with van der Waals surface area (Å²) in [6.45, 7) is 0.970. The van der Waals surface area contributed by atoms with E-state index in [0.717, 1.165) is 29.8 Å². The summed E-state index contributed by atoms with van der Waals surface area (Å²) in [6, 6.07) is 6.02. The van der Waals surface area contributed by atoms with Crippen LogP contribution in [0.3, 0.4) is 0 Å². The van der Waals surface area contributed by atoms with Crippen molar-refractivity contribution >= 4 is 17.7 Å². The number of benzene rings is 1. The molecule has 1 aromatic rings. The van der Waals surface area contributed by atoms with Gasteiger partial charge in [-0.05, 0) is 31.1 Å².